The van der Waals surface area contributed by atoms with Crippen LogP contribution in [0.2, 0.25) is 5.02 Å². The second kappa shape index (κ2) is 6.91. The minimum atomic E-state index is -0.142. The quantitative estimate of drug-likeness (QED) is 0.765. The second-order valence-corrected chi connectivity index (χ2v) is 6.63. The van der Waals surface area contributed by atoms with Crippen LogP contribution < -0.4 is 0 Å². The number of aliphatic imine (C=N–C) groups is 1. The molecule has 23 heavy (non-hydrogen) atoms. The maximum Gasteiger partial charge on any atom is 0.108 e. The molecule has 1 heterocycles. The van der Waals surface area contributed by atoms with E-state index in [4.69, 9.17) is 33.5 Å². The lowest BCUT2D eigenvalue weighted by Crippen LogP contribution is -2.31. The maximum absolute atomic E-state index is 6.23. The number of hydrogen-bond donors (Lipinski definition) is 0. The molecular formula is C19H18ClNOS. The molecule has 2 nitrogen and oxygen atoms in total. The van der Waals surface area contributed by atoms with Crippen molar-refractivity contribution in [1.29, 1.82) is 0 Å². The summed E-state index contributed by atoms with van der Waals surface area (Å²) in [5, 5.41) is 0.705. The predicted octanol–water partition coefficient (Wildman–Crippen LogP) is 4.51. The van der Waals surface area contributed by atoms with Crippen molar-refractivity contribution in [3.8, 4) is 0 Å². The van der Waals surface area contributed by atoms with E-state index in [0.29, 0.717) is 11.4 Å². The average molecular weight is 344 g/mol. The van der Waals surface area contributed by atoms with E-state index in [1.807, 2.05) is 43.3 Å². The van der Waals surface area contributed by atoms with Crippen LogP contribution in [0.15, 0.2) is 53.5 Å². The molecule has 0 spiro atoms. The Morgan fingerprint density at radius 1 is 1.22 bits per heavy atom. The van der Waals surface area contributed by atoms with Gasteiger partial charge < -0.3 is 4.74 Å². The zero-order valence-corrected chi connectivity index (χ0v) is 14.7. The van der Waals surface area contributed by atoms with Gasteiger partial charge in [0.1, 0.15) is 6.04 Å². The molecule has 0 N–H and O–H groups in total. The fraction of sp³-hybridized carbons (Fsp3) is 0.263. The van der Waals surface area contributed by atoms with Crippen LogP contribution in [-0.2, 0) is 11.2 Å². The molecule has 1 aliphatic heterocycles. The van der Waals surface area contributed by atoms with E-state index in [-0.39, 0.29) is 12.1 Å². The number of thiocarbonyl (C=S) groups is 1. The van der Waals surface area contributed by atoms with E-state index in [1.165, 1.54) is 0 Å². The van der Waals surface area contributed by atoms with Gasteiger partial charge in [0.25, 0.3) is 0 Å². The van der Waals surface area contributed by atoms with Gasteiger partial charge >= 0.3 is 0 Å². The third-order valence-corrected chi connectivity index (χ3v) is 4.77. The van der Waals surface area contributed by atoms with Crippen LogP contribution in [0.4, 0.5) is 0 Å². The summed E-state index contributed by atoms with van der Waals surface area (Å²) in [5.74, 6) is 0. The number of fused-ring (bicyclic) bond motifs is 1. The van der Waals surface area contributed by atoms with Crippen LogP contribution >= 0.6 is 23.8 Å². The van der Waals surface area contributed by atoms with Crippen molar-refractivity contribution in [3.05, 3.63) is 70.2 Å². The third kappa shape index (κ3) is 3.37. The van der Waals surface area contributed by atoms with Gasteiger partial charge in [-0.3, -0.25) is 4.99 Å². The molecular weight excluding hydrogens is 326 g/mol. The van der Waals surface area contributed by atoms with Crippen LogP contribution in [0.3, 0.4) is 0 Å². The third-order valence-electron chi connectivity index (χ3n) is 4.15. The highest BCUT2D eigenvalue weighted by molar-refractivity contribution is 7.80. The lowest BCUT2D eigenvalue weighted by Gasteiger charge is -2.19. The fourth-order valence-electron chi connectivity index (χ4n) is 2.82. The molecule has 2 atom stereocenters. The van der Waals surface area contributed by atoms with Gasteiger partial charge in [0.05, 0.1) is 11.8 Å². The number of ether oxygens (including phenoxy) is 1. The molecule has 0 bridgehead atoms. The first-order valence-electron chi connectivity index (χ1n) is 7.57. The largest absolute Gasteiger partial charge is 0.379 e. The van der Waals surface area contributed by atoms with Crippen LogP contribution in [0.5, 0.6) is 0 Å². The van der Waals surface area contributed by atoms with Gasteiger partial charge in [0, 0.05) is 34.5 Å². The Bertz CT molecular complexity index is 757. The Labute approximate surface area is 147 Å². The maximum atomic E-state index is 6.23. The van der Waals surface area contributed by atoms with Crippen molar-refractivity contribution in [3.63, 3.8) is 0 Å². The molecule has 1 aliphatic rings. The molecule has 0 aromatic heterocycles. The molecule has 0 saturated carbocycles. The smallest absolute Gasteiger partial charge is 0.108 e. The average Bonchev–Trinajstić information content (AvgIpc) is 2.71. The molecule has 0 aliphatic carbocycles. The summed E-state index contributed by atoms with van der Waals surface area (Å²) in [6, 6.07) is 15.9. The van der Waals surface area contributed by atoms with E-state index in [9.17, 15) is 0 Å². The minimum Gasteiger partial charge on any atom is -0.379 e. The number of methoxy groups -OCH3 is 1. The number of nitrogens with zero attached hydrogens (tertiary/aromatic N) is 1. The molecule has 0 amide bonds. The van der Waals surface area contributed by atoms with Crippen LogP contribution in [0.25, 0.3) is 0 Å². The first-order valence-corrected chi connectivity index (χ1v) is 8.36. The molecule has 0 saturated heterocycles. The zero-order valence-electron chi connectivity index (χ0n) is 13.1. The van der Waals surface area contributed by atoms with E-state index >= 15 is 0 Å². The van der Waals surface area contributed by atoms with Gasteiger partial charge in [-0.2, -0.15) is 0 Å². The van der Waals surface area contributed by atoms with Gasteiger partial charge in [-0.25, -0.2) is 0 Å². The highest BCUT2D eigenvalue weighted by Crippen LogP contribution is 2.26. The second-order valence-electron chi connectivity index (χ2n) is 5.67. The van der Waals surface area contributed by atoms with Crippen molar-refractivity contribution in [2.45, 2.75) is 25.5 Å². The first-order chi connectivity index (χ1) is 11.1. The molecule has 3 rings (SSSR count). The molecule has 118 valence electrons. The Balaban J connectivity index is 2.21. The van der Waals surface area contributed by atoms with Gasteiger partial charge in [0.2, 0.25) is 0 Å². The van der Waals surface area contributed by atoms with Crippen molar-refractivity contribution in [1.82, 2.24) is 0 Å². The topological polar surface area (TPSA) is 21.6 Å². The number of rotatable bonds is 3. The SMILES string of the molecule is COC(C)C1N=C(c2ccccc2)c2cc(Cl)ccc2CC1=S. The highest BCUT2D eigenvalue weighted by Gasteiger charge is 2.27. The molecule has 2 aromatic rings. The predicted molar refractivity (Wildman–Crippen MR) is 100 cm³/mol. The van der Waals surface area contributed by atoms with E-state index in [1.54, 1.807) is 7.11 Å². The minimum absolute atomic E-state index is 0.0639. The van der Waals surface area contributed by atoms with Gasteiger partial charge in [-0.05, 0) is 24.6 Å². The van der Waals surface area contributed by atoms with Crippen molar-refractivity contribution in [2.24, 2.45) is 4.99 Å². The Hall–Kier alpha value is -1.55. The standard InChI is InChI=1S/C19H18ClNOS/c1-12(22-2)18-17(23)10-14-8-9-15(20)11-16(14)19(21-18)13-6-4-3-5-7-13/h3-9,11-12,18H,10H2,1-2H3. The number of hydrogen-bond acceptors (Lipinski definition) is 3. The van der Waals surface area contributed by atoms with E-state index < -0.39 is 0 Å². The lowest BCUT2D eigenvalue weighted by molar-refractivity contribution is 0.113. The fourth-order valence-corrected chi connectivity index (χ4v) is 3.39. The zero-order chi connectivity index (χ0) is 16.4. The Morgan fingerprint density at radius 2 is 1.96 bits per heavy atom. The molecule has 2 unspecified atom stereocenters. The summed E-state index contributed by atoms with van der Waals surface area (Å²) in [6.45, 7) is 2.01. The summed E-state index contributed by atoms with van der Waals surface area (Å²) in [4.78, 5) is 5.87. The van der Waals surface area contributed by atoms with Crippen LogP contribution in [-0.4, -0.2) is 29.8 Å². The van der Waals surface area contributed by atoms with E-state index in [2.05, 4.69) is 12.1 Å². The van der Waals surface area contributed by atoms with Crippen LogP contribution in [0, 0.1) is 0 Å². The van der Waals surface area contributed by atoms with Crippen molar-refractivity contribution < 1.29 is 4.74 Å². The molecule has 0 radical (unpaired) electrons. The van der Waals surface area contributed by atoms with E-state index in [0.717, 1.165) is 27.3 Å². The molecule has 0 fully saturated rings. The molecule has 2 aromatic carbocycles. The van der Waals surface area contributed by atoms with Crippen LogP contribution in [0.1, 0.15) is 23.6 Å². The van der Waals surface area contributed by atoms with Gasteiger partial charge in [-0.1, -0.05) is 60.2 Å². The monoisotopic (exact) mass is 343 g/mol. The van der Waals surface area contributed by atoms with Crippen molar-refractivity contribution in [2.75, 3.05) is 7.11 Å². The van der Waals surface area contributed by atoms with Gasteiger partial charge in [-0.15, -0.1) is 0 Å². The summed E-state index contributed by atoms with van der Waals surface area (Å²) in [5.41, 5.74) is 4.20. The summed E-state index contributed by atoms with van der Waals surface area (Å²) in [6.07, 6.45) is 0.644. The number of benzene rings is 2. The Morgan fingerprint density at radius 3 is 2.65 bits per heavy atom. The number of halogens is 1. The summed E-state index contributed by atoms with van der Waals surface area (Å²) in [7, 11) is 1.69. The summed E-state index contributed by atoms with van der Waals surface area (Å²) < 4.78 is 5.50. The highest BCUT2D eigenvalue weighted by atomic mass is 35.5. The molecule has 4 heteroatoms. The van der Waals surface area contributed by atoms with Crippen molar-refractivity contribution >= 4 is 34.4 Å². The first kappa shape index (κ1) is 16.3. The normalized spacial score (nSPS) is 18.8. The lowest BCUT2D eigenvalue weighted by atomic mass is 9.95. The Kier molecular flexibility index (Phi) is 4.90. The van der Waals surface area contributed by atoms with Gasteiger partial charge in [0.15, 0.2) is 0 Å². The summed E-state index contributed by atoms with van der Waals surface area (Å²) >= 11 is 11.9.